The highest BCUT2D eigenvalue weighted by atomic mass is 16.7. The number of phenolic OH excluding ortho intramolecular Hbond substituents is 1. The summed E-state index contributed by atoms with van der Waals surface area (Å²) in [6, 6.07) is 7.19. The van der Waals surface area contributed by atoms with Crippen molar-refractivity contribution in [1.29, 1.82) is 0 Å². The molecule has 1 amide bonds. The summed E-state index contributed by atoms with van der Waals surface area (Å²) in [5, 5.41) is 37.5. The standard InChI is InChI=1S/C44H51N3O11/c1-20-14-13-15-21(2)43(54)46-34-35-33(45-27-16-11-12-17-28(27)47(35)9)30-31(39(34)52)38(51)25(6)41-32(30)42(53)44(8,58-41)56-19-18-29(55-10)22(3)40(57-26(7)48)24(5)37(50)23(4)36(20)49/h11-20,22-24,29,36-37,40,49-50,52H,1-10H3,(H,46,54)/t20-,22+,23+,24+,29-,36-,37+,40+,44-/m0/s1. The number of ether oxygens (including phenoxy) is 4. The van der Waals surface area contributed by atoms with Crippen molar-refractivity contribution in [3.63, 3.8) is 0 Å². The van der Waals surface area contributed by atoms with E-state index >= 15 is 0 Å². The Bertz CT molecular complexity index is 2490. The highest BCUT2D eigenvalue weighted by Crippen LogP contribution is 2.48. The minimum Gasteiger partial charge on any atom is -0.505 e. The Morgan fingerprint density at radius 3 is 2.34 bits per heavy atom. The molecule has 0 saturated carbocycles. The number of hydrogen-bond donors (Lipinski definition) is 4. The number of carbonyl (C=O) groups excluding carboxylic acids is 3. The van der Waals surface area contributed by atoms with Crippen LogP contribution >= 0.6 is 0 Å². The fourth-order valence-electron chi connectivity index (χ4n) is 8.21. The first-order valence-electron chi connectivity index (χ1n) is 19.3. The van der Waals surface area contributed by atoms with Gasteiger partial charge in [0.15, 0.2) is 11.2 Å². The molecule has 0 unspecified atom stereocenters. The van der Waals surface area contributed by atoms with Crippen molar-refractivity contribution in [2.45, 2.75) is 85.6 Å². The van der Waals surface area contributed by atoms with Crippen LogP contribution in [0.3, 0.4) is 0 Å². The third-order valence-electron chi connectivity index (χ3n) is 11.8. The monoisotopic (exact) mass is 797 g/mol. The first-order chi connectivity index (χ1) is 27.3. The predicted octanol–water partition coefficient (Wildman–Crippen LogP) is 5.74. The van der Waals surface area contributed by atoms with Crippen LogP contribution in [0.1, 0.15) is 64.4 Å². The molecular weight excluding hydrogens is 746 g/mol. The molecule has 0 aliphatic carbocycles. The maximum Gasteiger partial charge on any atom is 0.312 e. The lowest BCUT2D eigenvalue weighted by molar-refractivity contribution is -0.160. The molecule has 14 nitrogen and oxygen atoms in total. The normalized spacial score (nSPS) is 28.4. The van der Waals surface area contributed by atoms with Crippen molar-refractivity contribution in [2.24, 2.45) is 30.7 Å². The number of para-hydroxylation sites is 2. The highest BCUT2D eigenvalue weighted by molar-refractivity contribution is 6.27. The lowest BCUT2D eigenvalue weighted by Crippen LogP contribution is -2.46. The lowest BCUT2D eigenvalue weighted by atomic mass is 9.78. The van der Waals surface area contributed by atoms with Gasteiger partial charge in [0.05, 0.1) is 57.6 Å². The molecule has 4 bridgehead atoms. The number of nitrogens with one attached hydrogen (secondary N) is 1. The van der Waals surface area contributed by atoms with E-state index < -0.39 is 82.7 Å². The maximum atomic E-state index is 14.6. The molecule has 0 spiro atoms. The zero-order valence-electron chi connectivity index (χ0n) is 34.3. The number of Topliss-reactive ketones (excluding diaryl/α,β-unsaturated/α-hetero) is 1. The number of allylic oxidation sites excluding steroid dienone is 2. The number of hydrogen-bond acceptors (Lipinski definition) is 12. The van der Waals surface area contributed by atoms with Crippen molar-refractivity contribution in [3.05, 3.63) is 81.8 Å². The molecule has 3 aromatic carbocycles. The van der Waals surface area contributed by atoms with Crippen molar-refractivity contribution in [3.8, 4) is 11.5 Å². The van der Waals surface area contributed by atoms with E-state index in [9.17, 15) is 34.5 Å². The molecule has 0 saturated heterocycles. The van der Waals surface area contributed by atoms with Gasteiger partial charge in [0.25, 0.3) is 11.7 Å². The quantitative estimate of drug-likeness (QED) is 0.0832. The van der Waals surface area contributed by atoms with Gasteiger partial charge in [-0.15, -0.1) is 0 Å². The fourth-order valence-corrected chi connectivity index (χ4v) is 8.21. The molecule has 14 heteroatoms. The molecule has 2 aliphatic heterocycles. The van der Waals surface area contributed by atoms with E-state index in [1.54, 1.807) is 76.6 Å². The summed E-state index contributed by atoms with van der Waals surface area (Å²) in [4.78, 5) is 60.0. The number of fused-ring (bicyclic) bond motifs is 2. The summed E-state index contributed by atoms with van der Waals surface area (Å²) < 4.78 is 25.5. The molecule has 0 radical (unpaired) electrons. The Labute approximate surface area is 335 Å². The van der Waals surface area contributed by atoms with Gasteiger partial charge in [-0.25, -0.2) is 4.98 Å². The van der Waals surface area contributed by atoms with Crippen LogP contribution in [-0.4, -0.2) is 79.8 Å². The number of methoxy groups -OCH3 is 1. The van der Waals surface area contributed by atoms with E-state index in [-0.39, 0.29) is 49.9 Å². The van der Waals surface area contributed by atoms with Crippen LogP contribution in [0.25, 0.3) is 32.8 Å². The van der Waals surface area contributed by atoms with Crippen LogP contribution in [0.15, 0.2) is 65.2 Å². The minimum absolute atomic E-state index is 0.0283. The Morgan fingerprint density at radius 1 is 0.983 bits per heavy atom. The molecule has 4 aromatic rings. The Kier molecular flexibility index (Phi) is 11.6. The number of aromatic hydroxyl groups is 1. The fraction of sp³-hybridized carbons (Fsp3) is 0.432. The second-order valence-electron chi connectivity index (χ2n) is 15.7. The average molecular weight is 798 g/mol. The van der Waals surface area contributed by atoms with Crippen LogP contribution in [0.5, 0.6) is 11.5 Å². The molecule has 3 heterocycles. The zero-order chi connectivity index (χ0) is 42.5. The maximum absolute atomic E-state index is 14.6. The number of rotatable bonds is 2. The molecule has 2 aliphatic rings. The first-order valence-corrected chi connectivity index (χ1v) is 19.3. The van der Waals surface area contributed by atoms with Gasteiger partial charge in [0.1, 0.15) is 17.5 Å². The van der Waals surface area contributed by atoms with Gasteiger partial charge in [-0.2, -0.15) is 0 Å². The number of aromatic nitrogens is 2. The second-order valence-corrected chi connectivity index (χ2v) is 15.7. The summed E-state index contributed by atoms with van der Waals surface area (Å²) >= 11 is 0. The number of aryl methyl sites for hydroxylation is 1. The SMILES string of the molecule is CO[C@H]1C=CO[C@@]2(C)Oc3c(C)c(=O)c4c(O)c(c5c(nc6ccccc6n5C)c4c3C2=O)NC(=O)C(C)=CC=C[C@H](C)[C@H](O)[C@@H](C)[C@@H](O)[C@@H](C)[C@H](OC(C)=O)[C@@H]1C. The van der Waals surface area contributed by atoms with Crippen LogP contribution in [0, 0.1) is 30.6 Å². The number of phenols is 1. The molecule has 4 N–H and O–H groups in total. The second kappa shape index (κ2) is 16.0. The lowest BCUT2D eigenvalue weighted by Gasteiger charge is -2.38. The van der Waals surface area contributed by atoms with Gasteiger partial charge in [-0.3, -0.25) is 19.2 Å². The summed E-state index contributed by atoms with van der Waals surface area (Å²) in [5.74, 6) is -6.85. The summed E-state index contributed by atoms with van der Waals surface area (Å²) in [5.41, 5.74) is 1.05. The number of anilines is 1. The van der Waals surface area contributed by atoms with E-state index in [1.807, 2.05) is 12.1 Å². The molecule has 308 valence electrons. The Morgan fingerprint density at radius 2 is 1.67 bits per heavy atom. The molecular formula is C44H51N3O11. The highest BCUT2D eigenvalue weighted by Gasteiger charge is 2.49. The first kappa shape index (κ1) is 42.0. The summed E-state index contributed by atoms with van der Waals surface area (Å²) in [6.07, 6.45) is 3.79. The molecule has 0 fully saturated rings. The predicted molar refractivity (Wildman–Crippen MR) is 219 cm³/mol. The van der Waals surface area contributed by atoms with Crippen molar-refractivity contribution in [1.82, 2.24) is 9.55 Å². The number of esters is 1. The number of carbonyl (C=O) groups is 3. The smallest absolute Gasteiger partial charge is 0.312 e. The van der Waals surface area contributed by atoms with E-state index in [0.717, 1.165) is 0 Å². The number of nitrogens with zero attached hydrogens (tertiary/aromatic N) is 2. The Hall–Kier alpha value is -5.57. The molecule has 1 aromatic heterocycles. The minimum atomic E-state index is -2.00. The number of amides is 1. The van der Waals surface area contributed by atoms with Crippen LogP contribution < -0.4 is 15.5 Å². The third kappa shape index (κ3) is 7.13. The van der Waals surface area contributed by atoms with Crippen molar-refractivity contribution in [2.75, 3.05) is 12.4 Å². The van der Waals surface area contributed by atoms with E-state index in [0.29, 0.717) is 11.0 Å². The van der Waals surface area contributed by atoms with E-state index in [1.165, 1.54) is 40.2 Å². The third-order valence-corrected chi connectivity index (χ3v) is 11.8. The largest absolute Gasteiger partial charge is 0.505 e. The Balaban J connectivity index is 1.60. The van der Waals surface area contributed by atoms with Gasteiger partial charge in [0, 0.05) is 68.2 Å². The van der Waals surface area contributed by atoms with Gasteiger partial charge >= 0.3 is 11.8 Å². The molecule has 6 rings (SSSR count). The van der Waals surface area contributed by atoms with Crippen LogP contribution in [0.2, 0.25) is 0 Å². The summed E-state index contributed by atoms with van der Waals surface area (Å²) in [7, 11) is 3.18. The van der Waals surface area contributed by atoms with Crippen LogP contribution in [-0.2, 0) is 30.8 Å². The van der Waals surface area contributed by atoms with Crippen molar-refractivity contribution >= 4 is 56.2 Å². The van der Waals surface area contributed by atoms with Crippen molar-refractivity contribution < 1.29 is 48.7 Å². The van der Waals surface area contributed by atoms with E-state index in [2.05, 4.69) is 5.32 Å². The summed E-state index contributed by atoms with van der Waals surface area (Å²) in [6.45, 7) is 12.7. The number of aliphatic hydroxyl groups excluding tert-OH is 2. The van der Waals surface area contributed by atoms with Gasteiger partial charge in [-0.05, 0) is 32.1 Å². The van der Waals surface area contributed by atoms with Gasteiger partial charge in [0.2, 0.25) is 0 Å². The number of aliphatic hydroxyl groups is 2. The number of benzene rings is 3. The topological polar surface area (TPSA) is 196 Å². The van der Waals surface area contributed by atoms with E-state index in [4.69, 9.17) is 23.9 Å². The van der Waals surface area contributed by atoms with Gasteiger partial charge in [-0.1, -0.05) is 58.1 Å². The van der Waals surface area contributed by atoms with Gasteiger partial charge < -0.3 is 44.2 Å². The number of ketones is 1. The zero-order valence-corrected chi connectivity index (χ0v) is 34.3. The molecule has 9 atom stereocenters. The van der Waals surface area contributed by atoms with Crippen LogP contribution in [0.4, 0.5) is 5.69 Å². The molecule has 58 heavy (non-hydrogen) atoms. The average Bonchev–Trinajstić information content (AvgIpc) is 3.46.